The molecule has 1 aliphatic rings. The Kier molecular flexibility index (Phi) is 4.58. The van der Waals surface area contributed by atoms with E-state index in [9.17, 15) is 0 Å². The summed E-state index contributed by atoms with van der Waals surface area (Å²) in [5.74, 6) is 0.968. The monoisotopic (exact) mass is 367 g/mol. The van der Waals surface area contributed by atoms with E-state index < -0.39 is 0 Å². The molecule has 1 aromatic heterocycles. The molecule has 0 radical (unpaired) electrons. The maximum Gasteiger partial charge on any atom is 0.126 e. The first-order chi connectivity index (χ1) is 13.8. The molecule has 0 unspecified atom stereocenters. The summed E-state index contributed by atoms with van der Waals surface area (Å²) < 4.78 is 0. The van der Waals surface area contributed by atoms with Crippen molar-refractivity contribution in [1.29, 1.82) is 0 Å². The summed E-state index contributed by atoms with van der Waals surface area (Å²) >= 11 is 0. The lowest BCUT2D eigenvalue weighted by Crippen LogP contribution is -2.41. The summed E-state index contributed by atoms with van der Waals surface area (Å²) in [6.07, 6.45) is 4.88. The number of anilines is 2. The lowest BCUT2D eigenvalue weighted by Gasteiger charge is -2.34. The summed E-state index contributed by atoms with van der Waals surface area (Å²) in [5, 5.41) is 11.2. The van der Waals surface area contributed by atoms with E-state index in [1.807, 2.05) is 6.07 Å². The minimum atomic E-state index is 0.383. The normalized spacial score (nSPS) is 19.6. The van der Waals surface area contributed by atoms with E-state index in [1.54, 1.807) is 0 Å². The molecule has 1 fully saturated rings. The van der Waals surface area contributed by atoms with Crippen LogP contribution in [0, 0.1) is 0 Å². The number of hydrogen-bond acceptors (Lipinski definition) is 3. The Morgan fingerprint density at radius 3 is 2.18 bits per heavy atom. The van der Waals surface area contributed by atoms with Crippen LogP contribution in [0.2, 0.25) is 0 Å². The van der Waals surface area contributed by atoms with Crippen LogP contribution < -0.4 is 10.6 Å². The maximum absolute atomic E-state index is 4.81. The van der Waals surface area contributed by atoms with Crippen LogP contribution in [-0.2, 0) is 0 Å². The van der Waals surface area contributed by atoms with Gasteiger partial charge in [-0.2, -0.15) is 0 Å². The number of para-hydroxylation sites is 1. The van der Waals surface area contributed by atoms with Gasteiger partial charge in [-0.15, -0.1) is 0 Å². The molecule has 0 spiro atoms. The molecular weight excluding hydrogens is 342 g/mol. The zero-order chi connectivity index (χ0) is 18.8. The number of rotatable bonds is 4. The summed E-state index contributed by atoms with van der Waals surface area (Å²) in [5.41, 5.74) is 2.24. The molecule has 1 aliphatic carbocycles. The zero-order valence-corrected chi connectivity index (χ0v) is 15.9. The molecule has 2 N–H and O–H groups in total. The van der Waals surface area contributed by atoms with E-state index in [1.165, 1.54) is 47.5 Å². The highest BCUT2D eigenvalue weighted by molar-refractivity contribution is 5.85. The van der Waals surface area contributed by atoms with Gasteiger partial charge in [0, 0.05) is 23.2 Å². The molecule has 0 aliphatic heterocycles. The van der Waals surface area contributed by atoms with Crippen molar-refractivity contribution in [1.82, 2.24) is 4.98 Å². The third kappa shape index (κ3) is 3.53. The number of aromatic nitrogens is 1. The predicted octanol–water partition coefficient (Wildman–Crippen LogP) is 6.22. The Morgan fingerprint density at radius 1 is 0.643 bits per heavy atom. The number of hydrogen-bond donors (Lipinski definition) is 2. The van der Waals surface area contributed by atoms with Crippen molar-refractivity contribution in [2.75, 3.05) is 10.6 Å². The van der Waals surface area contributed by atoms with Crippen molar-refractivity contribution in [3.63, 3.8) is 0 Å². The maximum atomic E-state index is 4.81. The van der Waals surface area contributed by atoms with Gasteiger partial charge in [0.25, 0.3) is 0 Å². The molecule has 4 aromatic rings. The van der Waals surface area contributed by atoms with Gasteiger partial charge in [0.05, 0.1) is 5.52 Å². The Hall–Kier alpha value is -3.07. The van der Waals surface area contributed by atoms with E-state index in [2.05, 4.69) is 83.4 Å². The predicted molar refractivity (Wildman–Crippen MR) is 119 cm³/mol. The fraction of sp³-hybridized carbons (Fsp3) is 0.240. The van der Waals surface area contributed by atoms with Gasteiger partial charge in [-0.3, -0.25) is 0 Å². The van der Waals surface area contributed by atoms with Crippen LogP contribution >= 0.6 is 0 Å². The van der Waals surface area contributed by atoms with Crippen molar-refractivity contribution in [2.24, 2.45) is 0 Å². The van der Waals surface area contributed by atoms with Crippen LogP contribution in [0.15, 0.2) is 78.9 Å². The standard InChI is InChI=1S/C25H25N3/c1-2-9-20-17-21(15-13-18(20)7-1)26-23-11-5-6-12-24(23)28-25-16-14-19-8-3-4-10-22(19)27-25/h1-4,7-10,13-17,23-24,26H,5-6,11-12H2,(H,27,28)/t23-,24-/m1/s1. The summed E-state index contributed by atoms with van der Waals surface area (Å²) in [6, 6.07) is 28.5. The van der Waals surface area contributed by atoms with Crippen molar-refractivity contribution in [3.8, 4) is 0 Å². The SMILES string of the molecule is c1ccc2cc(N[C@@H]3CCCC[C@H]3Nc3ccc4ccccc4n3)ccc2c1. The van der Waals surface area contributed by atoms with E-state index >= 15 is 0 Å². The average molecular weight is 367 g/mol. The van der Waals surface area contributed by atoms with Gasteiger partial charge in [-0.05, 0) is 53.9 Å². The zero-order valence-electron chi connectivity index (χ0n) is 15.9. The minimum absolute atomic E-state index is 0.383. The summed E-state index contributed by atoms with van der Waals surface area (Å²) in [4.78, 5) is 4.81. The van der Waals surface area contributed by atoms with Crippen molar-refractivity contribution in [3.05, 3.63) is 78.9 Å². The lowest BCUT2D eigenvalue weighted by atomic mass is 9.90. The smallest absolute Gasteiger partial charge is 0.126 e. The summed E-state index contributed by atoms with van der Waals surface area (Å²) in [7, 11) is 0. The molecule has 3 nitrogen and oxygen atoms in total. The highest BCUT2D eigenvalue weighted by Gasteiger charge is 2.25. The molecule has 1 saturated carbocycles. The average Bonchev–Trinajstić information content (AvgIpc) is 2.75. The van der Waals surface area contributed by atoms with Crippen LogP contribution in [0.25, 0.3) is 21.7 Å². The molecule has 28 heavy (non-hydrogen) atoms. The third-order valence-electron chi connectivity index (χ3n) is 5.80. The molecule has 1 heterocycles. The highest BCUT2D eigenvalue weighted by atomic mass is 15.1. The van der Waals surface area contributed by atoms with Gasteiger partial charge in [0.15, 0.2) is 0 Å². The van der Waals surface area contributed by atoms with Crippen molar-refractivity contribution in [2.45, 2.75) is 37.8 Å². The molecule has 3 heteroatoms. The Balaban J connectivity index is 1.36. The number of fused-ring (bicyclic) bond motifs is 2. The van der Waals surface area contributed by atoms with Gasteiger partial charge in [-0.25, -0.2) is 4.98 Å². The molecular formula is C25H25N3. The van der Waals surface area contributed by atoms with Gasteiger partial charge in [0.1, 0.15) is 5.82 Å². The van der Waals surface area contributed by atoms with Crippen LogP contribution in [-0.4, -0.2) is 17.1 Å². The molecule has 140 valence electrons. The molecule has 0 bridgehead atoms. The molecule has 0 saturated heterocycles. The molecule has 0 amide bonds. The van der Waals surface area contributed by atoms with E-state index in [0.717, 1.165) is 11.3 Å². The van der Waals surface area contributed by atoms with Gasteiger partial charge < -0.3 is 10.6 Å². The largest absolute Gasteiger partial charge is 0.380 e. The van der Waals surface area contributed by atoms with Crippen LogP contribution in [0.1, 0.15) is 25.7 Å². The first-order valence-corrected chi connectivity index (χ1v) is 10.2. The second-order valence-corrected chi connectivity index (χ2v) is 7.74. The van der Waals surface area contributed by atoms with E-state index in [4.69, 9.17) is 4.98 Å². The molecule has 5 rings (SSSR count). The Bertz CT molecular complexity index is 1020. The van der Waals surface area contributed by atoms with Crippen LogP contribution in [0.4, 0.5) is 11.5 Å². The lowest BCUT2D eigenvalue weighted by molar-refractivity contribution is 0.423. The van der Waals surface area contributed by atoms with E-state index in [-0.39, 0.29) is 0 Å². The number of benzene rings is 3. The third-order valence-corrected chi connectivity index (χ3v) is 5.80. The van der Waals surface area contributed by atoms with Crippen molar-refractivity contribution >= 4 is 33.2 Å². The van der Waals surface area contributed by atoms with Gasteiger partial charge in [0.2, 0.25) is 0 Å². The fourth-order valence-electron chi connectivity index (χ4n) is 4.31. The first kappa shape index (κ1) is 17.1. The molecule has 2 atom stereocenters. The number of nitrogens with zero attached hydrogens (tertiary/aromatic N) is 1. The Morgan fingerprint density at radius 2 is 1.32 bits per heavy atom. The number of nitrogens with one attached hydrogen (secondary N) is 2. The Labute approximate surface area is 165 Å². The van der Waals surface area contributed by atoms with Gasteiger partial charge >= 0.3 is 0 Å². The first-order valence-electron chi connectivity index (χ1n) is 10.2. The van der Waals surface area contributed by atoms with Gasteiger partial charge in [-0.1, -0.05) is 61.4 Å². The van der Waals surface area contributed by atoms with E-state index in [0.29, 0.717) is 12.1 Å². The fourth-order valence-corrected chi connectivity index (χ4v) is 4.31. The van der Waals surface area contributed by atoms with Crippen molar-refractivity contribution < 1.29 is 0 Å². The van der Waals surface area contributed by atoms with Crippen LogP contribution in [0.5, 0.6) is 0 Å². The highest BCUT2D eigenvalue weighted by Crippen LogP contribution is 2.27. The minimum Gasteiger partial charge on any atom is -0.380 e. The second kappa shape index (κ2) is 7.51. The topological polar surface area (TPSA) is 37.0 Å². The second-order valence-electron chi connectivity index (χ2n) is 7.74. The number of pyridine rings is 1. The quantitative estimate of drug-likeness (QED) is 0.449. The summed E-state index contributed by atoms with van der Waals surface area (Å²) in [6.45, 7) is 0. The van der Waals surface area contributed by atoms with Crippen LogP contribution in [0.3, 0.4) is 0 Å². The molecule has 3 aromatic carbocycles.